The summed E-state index contributed by atoms with van der Waals surface area (Å²) in [5.74, 6) is 1.02. The molecular formula is C20H26N2O3. The quantitative estimate of drug-likeness (QED) is 0.609. The van der Waals surface area contributed by atoms with E-state index in [1.807, 2.05) is 17.0 Å². The predicted octanol–water partition coefficient (Wildman–Crippen LogP) is 2.38. The van der Waals surface area contributed by atoms with Gasteiger partial charge in [0.05, 0.1) is 18.7 Å². The number of ether oxygens (including phenoxy) is 1. The first-order chi connectivity index (χ1) is 12.2. The Morgan fingerprint density at radius 2 is 2.00 bits per heavy atom. The molecule has 0 N–H and O–H groups in total. The van der Waals surface area contributed by atoms with Gasteiger partial charge in [0.2, 0.25) is 11.8 Å². The number of piperazine rings is 1. The SMILES string of the molecule is O=C1CN2CCCC2C(=O)N1CCCCC1CCc2ccccc2O1. The summed E-state index contributed by atoms with van der Waals surface area (Å²) in [4.78, 5) is 28.2. The molecule has 1 aromatic rings. The Morgan fingerprint density at radius 1 is 1.12 bits per heavy atom. The number of rotatable bonds is 5. The molecule has 5 nitrogen and oxygen atoms in total. The van der Waals surface area contributed by atoms with Gasteiger partial charge in [-0.25, -0.2) is 0 Å². The molecule has 4 rings (SSSR count). The third kappa shape index (κ3) is 3.43. The van der Waals surface area contributed by atoms with E-state index in [1.54, 1.807) is 0 Å². The maximum Gasteiger partial charge on any atom is 0.246 e. The van der Waals surface area contributed by atoms with Gasteiger partial charge in [-0.15, -0.1) is 0 Å². The maximum absolute atomic E-state index is 12.5. The number of para-hydroxylation sites is 1. The van der Waals surface area contributed by atoms with Gasteiger partial charge >= 0.3 is 0 Å². The van der Waals surface area contributed by atoms with Gasteiger partial charge in [-0.1, -0.05) is 18.2 Å². The predicted molar refractivity (Wildman–Crippen MR) is 94.3 cm³/mol. The summed E-state index contributed by atoms with van der Waals surface area (Å²) in [7, 11) is 0. The van der Waals surface area contributed by atoms with Crippen molar-refractivity contribution in [3.8, 4) is 5.75 Å². The number of hydrogen-bond donors (Lipinski definition) is 0. The number of amides is 2. The molecule has 3 aliphatic heterocycles. The molecule has 3 heterocycles. The Labute approximate surface area is 148 Å². The van der Waals surface area contributed by atoms with Crippen molar-refractivity contribution in [3.63, 3.8) is 0 Å². The van der Waals surface area contributed by atoms with Crippen molar-refractivity contribution in [2.75, 3.05) is 19.6 Å². The van der Waals surface area contributed by atoms with Crippen LogP contribution in [-0.4, -0.2) is 53.4 Å². The van der Waals surface area contributed by atoms with Crippen LogP contribution in [0.15, 0.2) is 24.3 Å². The van der Waals surface area contributed by atoms with Gasteiger partial charge in [0.25, 0.3) is 0 Å². The van der Waals surface area contributed by atoms with Gasteiger partial charge in [0.15, 0.2) is 0 Å². The first kappa shape index (κ1) is 16.6. The van der Waals surface area contributed by atoms with Crippen molar-refractivity contribution >= 4 is 11.8 Å². The standard InChI is InChI=1S/C20H26N2O3/c23-19-14-21-12-5-8-17(21)20(24)22(19)13-4-3-7-16-11-10-15-6-1-2-9-18(15)25-16/h1-2,6,9,16-17H,3-5,7-8,10-14H2. The molecule has 134 valence electrons. The van der Waals surface area contributed by atoms with Crippen molar-refractivity contribution in [2.45, 2.75) is 57.1 Å². The summed E-state index contributed by atoms with van der Waals surface area (Å²) in [6, 6.07) is 8.20. The Morgan fingerprint density at radius 3 is 2.92 bits per heavy atom. The van der Waals surface area contributed by atoms with Crippen LogP contribution in [0.5, 0.6) is 5.75 Å². The largest absolute Gasteiger partial charge is 0.490 e. The Hall–Kier alpha value is -1.88. The lowest BCUT2D eigenvalue weighted by Crippen LogP contribution is -2.57. The van der Waals surface area contributed by atoms with Gasteiger partial charge in [0.1, 0.15) is 5.75 Å². The van der Waals surface area contributed by atoms with Gasteiger partial charge in [-0.05, 0) is 63.1 Å². The highest BCUT2D eigenvalue weighted by Gasteiger charge is 2.41. The number of carbonyl (C=O) groups excluding carboxylic acids is 2. The number of carbonyl (C=O) groups is 2. The summed E-state index contributed by atoms with van der Waals surface area (Å²) < 4.78 is 6.07. The second kappa shape index (κ2) is 7.16. The lowest BCUT2D eigenvalue weighted by molar-refractivity contribution is -0.154. The maximum atomic E-state index is 12.5. The summed E-state index contributed by atoms with van der Waals surface area (Å²) >= 11 is 0. The van der Waals surface area contributed by atoms with E-state index in [0.29, 0.717) is 13.1 Å². The van der Waals surface area contributed by atoms with Crippen LogP contribution in [0.2, 0.25) is 0 Å². The topological polar surface area (TPSA) is 49.9 Å². The van der Waals surface area contributed by atoms with Crippen LogP contribution >= 0.6 is 0 Å². The molecule has 0 saturated carbocycles. The molecule has 2 atom stereocenters. The van der Waals surface area contributed by atoms with E-state index >= 15 is 0 Å². The molecule has 0 aromatic heterocycles. The van der Waals surface area contributed by atoms with Crippen LogP contribution < -0.4 is 4.74 Å². The highest BCUT2D eigenvalue weighted by Crippen LogP contribution is 2.29. The molecule has 25 heavy (non-hydrogen) atoms. The summed E-state index contributed by atoms with van der Waals surface area (Å²) in [5, 5.41) is 0. The first-order valence-electron chi connectivity index (χ1n) is 9.55. The minimum absolute atomic E-state index is 0.0222. The number of nitrogens with zero attached hydrogens (tertiary/aromatic N) is 2. The van der Waals surface area contributed by atoms with E-state index in [9.17, 15) is 9.59 Å². The zero-order chi connectivity index (χ0) is 17.2. The minimum Gasteiger partial charge on any atom is -0.490 e. The molecule has 1 aromatic carbocycles. The van der Waals surface area contributed by atoms with Crippen molar-refractivity contribution in [1.82, 2.24) is 9.80 Å². The number of benzene rings is 1. The highest BCUT2D eigenvalue weighted by atomic mass is 16.5. The number of fused-ring (bicyclic) bond motifs is 2. The third-order valence-corrected chi connectivity index (χ3v) is 5.71. The van der Waals surface area contributed by atoms with Crippen LogP contribution in [0.1, 0.15) is 44.1 Å². The second-order valence-electron chi connectivity index (χ2n) is 7.39. The fourth-order valence-electron chi connectivity index (χ4n) is 4.32. The van der Waals surface area contributed by atoms with E-state index in [0.717, 1.165) is 57.2 Å². The fraction of sp³-hybridized carbons (Fsp3) is 0.600. The average molecular weight is 342 g/mol. The molecule has 3 aliphatic rings. The monoisotopic (exact) mass is 342 g/mol. The lowest BCUT2D eigenvalue weighted by atomic mass is 9.99. The Bertz CT molecular complexity index is 660. The van der Waals surface area contributed by atoms with Crippen LogP contribution in [0.25, 0.3) is 0 Å². The van der Waals surface area contributed by atoms with Crippen LogP contribution in [0.4, 0.5) is 0 Å². The minimum atomic E-state index is -0.0455. The van der Waals surface area contributed by atoms with Crippen molar-refractivity contribution < 1.29 is 14.3 Å². The summed E-state index contributed by atoms with van der Waals surface area (Å²) in [6.45, 7) is 1.86. The number of unbranched alkanes of at least 4 members (excludes halogenated alkanes) is 1. The molecule has 0 aliphatic carbocycles. The lowest BCUT2D eigenvalue weighted by Gasteiger charge is -2.35. The molecular weight excluding hydrogens is 316 g/mol. The third-order valence-electron chi connectivity index (χ3n) is 5.71. The smallest absolute Gasteiger partial charge is 0.246 e. The first-order valence-corrected chi connectivity index (χ1v) is 9.55. The van der Waals surface area contributed by atoms with E-state index in [4.69, 9.17) is 4.74 Å². The fourth-order valence-corrected chi connectivity index (χ4v) is 4.32. The molecule has 0 radical (unpaired) electrons. The molecule has 0 spiro atoms. The van der Waals surface area contributed by atoms with Crippen molar-refractivity contribution in [1.29, 1.82) is 0 Å². The van der Waals surface area contributed by atoms with E-state index in [2.05, 4.69) is 12.1 Å². The zero-order valence-corrected chi connectivity index (χ0v) is 14.7. The van der Waals surface area contributed by atoms with Gasteiger partial charge in [-0.3, -0.25) is 19.4 Å². The second-order valence-corrected chi connectivity index (χ2v) is 7.39. The molecule has 0 bridgehead atoms. The van der Waals surface area contributed by atoms with Gasteiger partial charge in [-0.2, -0.15) is 0 Å². The highest BCUT2D eigenvalue weighted by molar-refractivity contribution is 6.01. The molecule has 2 saturated heterocycles. The number of aryl methyl sites for hydroxylation is 1. The molecule has 2 unspecified atom stereocenters. The summed E-state index contributed by atoms with van der Waals surface area (Å²) in [5.41, 5.74) is 1.30. The number of imide groups is 1. The van der Waals surface area contributed by atoms with Gasteiger partial charge in [0, 0.05) is 6.54 Å². The van der Waals surface area contributed by atoms with Crippen LogP contribution in [0, 0.1) is 0 Å². The van der Waals surface area contributed by atoms with E-state index in [1.165, 1.54) is 10.5 Å². The summed E-state index contributed by atoms with van der Waals surface area (Å²) in [6.07, 6.45) is 7.14. The van der Waals surface area contributed by atoms with Crippen molar-refractivity contribution in [3.05, 3.63) is 29.8 Å². The Kier molecular flexibility index (Phi) is 4.75. The number of hydrogen-bond acceptors (Lipinski definition) is 4. The van der Waals surface area contributed by atoms with Crippen molar-refractivity contribution in [2.24, 2.45) is 0 Å². The van der Waals surface area contributed by atoms with Gasteiger partial charge < -0.3 is 4.74 Å². The molecule has 5 heteroatoms. The molecule has 2 amide bonds. The Balaban J connectivity index is 1.23. The molecule has 2 fully saturated rings. The van der Waals surface area contributed by atoms with E-state index < -0.39 is 0 Å². The van der Waals surface area contributed by atoms with Crippen LogP contribution in [0.3, 0.4) is 0 Å². The average Bonchev–Trinajstić information content (AvgIpc) is 3.09. The van der Waals surface area contributed by atoms with E-state index in [-0.39, 0.29) is 24.0 Å². The zero-order valence-electron chi connectivity index (χ0n) is 14.7. The normalized spacial score (nSPS) is 26.3. The van der Waals surface area contributed by atoms with Crippen LogP contribution in [-0.2, 0) is 16.0 Å².